The van der Waals surface area contributed by atoms with E-state index in [9.17, 15) is 0 Å². The van der Waals surface area contributed by atoms with Crippen LogP contribution in [-0.2, 0) is 27.1 Å². The fraction of sp³-hybridized carbons (Fsp3) is 0.333. The summed E-state index contributed by atoms with van der Waals surface area (Å²) in [6.07, 6.45) is 6.69. The summed E-state index contributed by atoms with van der Waals surface area (Å²) < 4.78 is 15.1. The number of benzene rings is 2. The Morgan fingerprint density at radius 1 is 0.852 bits per heavy atom. The number of ether oxygens (including phenoxy) is 3. The highest BCUT2D eigenvalue weighted by atomic mass is 16.6. The molecule has 3 nitrogen and oxygen atoms in total. The first-order chi connectivity index (χ1) is 13.3. The lowest BCUT2D eigenvalue weighted by atomic mass is 9.99. The number of hydrogen-bond donors (Lipinski definition) is 0. The van der Waals surface area contributed by atoms with Gasteiger partial charge in [-0.25, -0.2) is 0 Å². The van der Waals surface area contributed by atoms with E-state index in [1.54, 1.807) is 0 Å². The monoisotopic (exact) mass is 364 g/mol. The summed E-state index contributed by atoms with van der Waals surface area (Å²) in [6.45, 7) is 10.9. The van der Waals surface area contributed by atoms with Crippen LogP contribution in [0.4, 0.5) is 0 Å². The molecule has 2 unspecified atom stereocenters. The minimum absolute atomic E-state index is 0.392. The maximum atomic E-state index is 5.23. The molecule has 0 aliphatic carbocycles. The average Bonchev–Trinajstić information content (AvgIpc) is 3.63. The molecular weight excluding hydrogens is 336 g/mol. The van der Waals surface area contributed by atoms with Gasteiger partial charge in [-0.2, -0.15) is 0 Å². The summed E-state index contributed by atoms with van der Waals surface area (Å²) in [7, 11) is 0. The van der Waals surface area contributed by atoms with E-state index >= 15 is 0 Å². The molecule has 0 amide bonds. The van der Waals surface area contributed by atoms with Crippen LogP contribution < -0.4 is 0 Å². The normalized spacial score (nSPS) is 19.6. The van der Waals surface area contributed by atoms with E-state index in [-0.39, 0.29) is 0 Å². The van der Waals surface area contributed by atoms with E-state index in [0.717, 1.165) is 39.3 Å². The zero-order valence-electron chi connectivity index (χ0n) is 15.8. The molecular formula is C24H28O3. The molecule has 0 N–H and O–H groups in total. The van der Waals surface area contributed by atoms with Crippen LogP contribution in [-0.4, -0.2) is 38.6 Å². The molecule has 0 bridgehead atoms. The van der Waals surface area contributed by atoms with Crippen LogP contribution in [0.5, 0.6) is 0 Å². The van der Waals surface area contributed by atoms with E-state index in [0.29, 0.717) is 12.2 Å². The van der Waals surface area contributed by atoms with Crippen LogP contribution in [0.25, 0.3) is 12.2 Å². The third kappa shape index (κ3) is 7.14. The number of aryl methyl sites for hydroxylation is 2. The Morgan fingerprint density at radius 2 is 1.48 bits per heavy atom. The fourth-order valence-corrected chi connectivity index (χ4v) is 2.72. The van der Waals surface area contributed by atoms with E-state index in [2.05, 4.69) is 61.7 Å². The van der Waals surface area contributed by atoms with Crippen molar-refractivity contribution in [3.05, 3.63) is 83.9 Å². The Kier molecular flexibility index (Phi) is 7.40. The summed E-state index contributed by atoms with van der Waals surface area (Å²) in [4.78, 5) is 0. The minimum atomic E-state index is 0.392. The molecule has 142 valence electrons. The molecule has 2 heterocycles. The predicted molar refractivity (Wildman–Crippen MR) is 111 cm³/mol. The van der Waals surface area contributed by atoms with Gasteiger partial charge >= 0.3 is 0 Å². The zero-order chi connectivity index (χ0) is 18.9. The second-order valence-electron chi connectivity index (χ2n) is 6.80. The Morgan fingerprint density at radius 3 is 2.04 bits per heavy atom. The largest absolute Gasteiger partial charge is 0.376 e. The lowest BCUT2D eigenvalue weighted by Crippen LogP contribution is -2.06. The zero-order valence-corrected chi connectivity index (χ0v) is 15.8. The van der Waals surface area contributed by atoms with Crippen LogP contribution >= 0.6 is 0 Å². The van der Waals surface area contributed by atoms with Crippen LogP contribution in [0.15, 0.2) is 61.7 Å². The summed E-state index contributed by atoms with van der Waals surface area (Å²) in [5, 5.41) is 0. The lowest BCUT2D eigenvalue weighted by molar-refractivity contribution is 0.102. The van der Waals surface area contributed by atoms with E-state index < -0.39 is 0 Å². The average molecular weight is 364 g/mol. The first-order valence-electron chi connectivity index (χ1n) is 9.51. The van der Waals surface area contributed by atoms with Crippen molar-refractivity contribution in [2.24, 2.45) is 0 Å². The van der Waals surface area contributed by atoms with Crippen LogP contribution in [0.1, 0.15) is 22.3 Å². The van der Waals surface area contributed by atoms with E-state index in [1.807, 2.05) is 12.2 Å². The van der Waals surface area contributed by atoms with Gasteiger partial charge in [0.25, 0.3) is 0 Å². The van der Waals surface area contributed by atoms with Gasteiger partial charge in [0, 0.05) is 0 Å². The standard InChI is InChI=1S/C18H18.C6H10O3/c1-3-15-9-11-16(12-10-15)13-14-18-8-6-5-7-17(18)4-2;1(5-3-8-5)7-2-6-4-9-6/h3-12H,1-2,13-14H2;5-6H,1-4H2. The van der Waals surface area contributed by atoms with Crippen LogP contribution in [0, 0.1) is 0 Å². The van der Waals surface area contributed by atoms with Gasteiger partial charge in [0.1, 0.15) is 12.2 Å². The van der Waals surface area contributed by atoms with Crippen molar-refractivity contribution >= 4 is 12.2 Å². The molecule has 0 radical (unpaired) electrons. The topological polar surface area (TPSA) is 34.3 Å². The molecule has 2 atom stereocenters. The van der Waals surface area contributed by atoms with E-state index in [4.69, 9.17) is 14.2 Å². The smallest absolute Gasteiger partial charge is 0.104 e. The molecule has 3 heteroatoms. The maximum Gasteiger partial charge on any atom is 0.104 e. The van der Waals surface area contributed by atoms with Crippen molar-refractivity contribution in [1.82, 2.24) is 0 Å². The van der Waals surface area contributed by atoms with Crippen molar-refractivity contribution < 1.29 is 14.2 Å². The van der Waals surface area contributed by atoms with Gasteiger partial charge in [-0.3, -0.25) is 0 Å². The molecule has 4 rings (SSSR count). The predicted octanol–water partition coefficient (Wildman–Crippen LogP) is 4.56. The molecule has 2 aliphatic heterocycles. The lowest BCUT2D eigenvalue weighted by Gasteiger charge is -2.06. The summed E-state index contributed by atoms with van der Waals surface area (Å²) >= 11 is 0. The third-order valence-electron chi connectivity index (χ3n) is 4.59. The first-order valence-corrected chi connectivity index (χ1v) is 9.51. The minimum Gasteiger partial charge on any atom is -0.376 e. The molecule has 2 aromatic rings. The quantitative estimate of drug-likeness (QED) is 0.612. The third-order valence-corrected chi connectivity index (χ3v) is 4.59. The Bertz CT molecular complexity index is 716. The maximum absolute atomic E-state index is 5.23. The van der Waals surface area contributed by atoms with Gasteiger partial charge in [0.15, 0.2) is 0 Å². The Hall–Kier alpha value is -2.20. The number of rotatable bonds is 9. The Labute approximate surface area is 162 Å². The molecule has 0 spiro atoms. The van der Waals surface area contributed by atoms with Gasteiger partial charge in [0.05, 0.1) is 26.4 Å². The molecule has 2 saturated heterocycles. The van der Waals surface area contributed by atoms with E-state index in [1.165, 1.54) is 22.3 Å². The van der Waals surface area contributed by atoms with Crippen molar-refractivity contribution in [1.29, 1.82) is 0 Å². The highest BCUT2D eigenvalue weighted by Crippen LogP contribution is 2.14. The van der Waals surface area contributed by atoms with Gasteiger partial charge in [-0.1, -0.05) is 73.8 Å². The van der Waals surface area contributed by atoms with Crippen molar-refractivity contribution in [2.45, 2.75) is 25.0 Å². The molecule has 2 fully saturated rings. The van der Waals surface area contributed by atoms with Crippen molar-refractivity contribution in [2.75, 3.05) is 26.4 Å². The van der Waals surface area contributed by atoms with Crippen LogP contribution in [0.2, 0.25) is 0 Å². The molecule has 27 heavy (non-hydrogen) atoms. The summed E-state index contributed by atoms with van der Waals surface area (Å²) in [6, 6.07) is 17.0. The highest BCUT2D eigenvalue weighted by Gasteiger charge is 2.26. The molecule has 2 aliphatic rings. The summed E-state index contributed by atoms with van der Waals surface area (Å²) in [5.41, 5.74) is 5.13. The fourth-order valence-electron chi connectivity index (χ4n) is 2.72. The number of epoxide rings is 2. The van der Waals surface area contributed by atoms with Crippen LogP contribution in [0.3, 0.4) is 0 Å². The molecule has 0 saturated carbocycles. The van der Waals surface area contributed by atoms with Gasteiger partial charge in [0.2, 0.25) is 0 Å². The van der Waals surface area contributed by atoms with Gasteiger partial charge in [-0.15, -0.1) is 0 Å². The molecule has 0 aromatic heterocycles. The van der Waals surface area contributed by atoms with Gasteiger partial charge in [-0.05, 0) is 35.1 Å². The first kappa shape index (κ1) is 19.6. The Balaban J connectivity index is 0.000000193. The number of hydrogen-bond acceptors (Lipinski definition) is 3. The van der Waals surface area contributed by atoms with Crippen molar-refractivity contribution in [3.63, 3.8) is 0 Å². The summed E-state index contributed by atoms with van der Waals surface area (Å²) in [5.74, 6) is 0. The SMILES string of the molecule is C(OCC1CO1)C1CO1.C=Cc1ccc(CCc2ccccc2C=C)cc1. The second kappa shape index (κ2) is 10.2. The van der Waals surface area contributed by atoms with Gasteiger partial charge < -0.3 is 14.2 Å². The molecule has 2 aromatic carbocycles. The second-order valence-corrected chi connectivity index (χ2v) is 6.80. The van der Waals surface area contributed by atoms with Crippen molar-refractivity contribution in [3.8, 4) is 0 Å². The highest BCUT2D eigenvalue weighted by molar-refractivity contribution is 5.52.